The monoisotopic (exact) mass is 202 g/mol. The minimum Gasteiger partial charge on any atom is -0.435 e. The van der Waals surface area contributed by atoms with Gasteiger partial charge in [-0.25, -0.2) is 0 Å². The van der Waals surface area contributed by atoms with E-state index in [0.717, 1.165) is 5.56 Å². The lowest BCUT2D eigenvalue weighted by Crippen LogP contribution is -2.03. The third-order valence-electron chi connectivity index (χ3n) is 1.93. The van der Waals surface area contributed by atoms with E-state index in [2.05, 4.69) is 4.74 Å². The fourth-order valence-electron chi connectivity index (χ4n) is 1.10. The van der Waals surface area contributed by atoms with Crippen molar-refractivity contribution in [2.45, 2.75) is 19.5 Å². The van der Waals surface area contributed by atoms with Gasteiger partial charge in [0.1, 0.15) is 5.75 Å². The summed E-state index contributed by atoms with van der Waals surface area (Å²) in [6.45, 7) is -1.02. The second kappa shape index (κ2) is 4.91. The van der Waals surface area contributed by atoms with Crippen molar-refractivity contribution < 1.29 is 18.6 Å². The first-order valence-corrected chi connectivity index (χ1v) is 4.29. The van der Waals surface area contributed by atoms with Gasteiger partial charge >= 0.3 is 6.61 Å². The molecule has 0 spiro atoms. The summed E-state index contributed by atoms with van der Waals surface area (Å²) >= 11 is 0. The van der Waals surface area contributed by atoms with Crippen molar-refractivity contribution >= 4 is 0 Å². The van der Waals surface area contributed by atoms with E-state index >= 15 is 0 Å². The van der Waals surface area contributed by atoms with Gasteiger partial charge in [0.25, 0.3) is 0 Å². The number of aliphatic hydroxyl groups is 1. The fraction of sp³-hybridized carbons (Fsp3) is 0.400. The van der Waals surface area contributed by atoms with E-state index in [0.29, 0.717) is 0 Å². The predicted molar refractivity (Wildman–Crippen MR) is 48.6 cm³/mol. The van der Waals surface area contributed by atoms with Crippen molar-refractivity contribution in [2.75, 3.05) is 6.61 Å². The molecule has 4 heteroatoms. The van der Waals surface area contributed by atoms with E-state index in [9.17, 15) is 8.78 Å². The molecule has 1 unspecified atom stereocenters. The van der Waals surface area contributed by atoms with Gasteiger partial charge in [0.15, 0.2) is 0 Å². The van der Waals surface area contributed by atoms with Crippen molar-refractivity contribution in [1.82, 2.24) is 0 Å². The van der Waals surface area contributed by atoms with Crippen LogP contribution >= 0.6 is 0 Å². The van der Waals surface area contributed by atoms with Crippen LogP contribution in [-0.4, -0.2) is 18.3 Å². The Morgan fingerprint density at radius 1 is 1.43 bits per heavy atom. The van der Waals surface area contributed by atoms with Crippen LogP contribution in [0.1, 0.15) is 18.4 Å². The molecule has 0 aliphatic carbocycles. The highest BCUT2D eigenvalue weighted by molar-refractivity contribution is 5.30. The molecule has 0 saturated carbocycles. The quantitative estimate of drug-likeness (QED) is 0.812. The topological polar surface area (TPSA) is 29.5 Å². The van der Waals surface area contributed by atoms with Crippen molar-refractivity contribution in [3.8, 4) is 5.75 Å². The first kappa shape index (κ1) is 10.9. The van der Waals surface area contributed by atoms with Gasteiger partial charge in [-0.05, 0) is 17.7 Å². The molecular formula is C10H12F2O2. The molecule has 1 atom stereocenters. The second-order valence-electron chi connectivity index (χ2n) is 3.03. The maximum atomic E-state index is 11.9. The van der Waals surface area contributed by atoms with Crippen LogP contribution in [0.3, 0.4) is 0 Å². The third-order valence-corrected chi connectivity index (χ3v) is 1.93. The van der Waals surface area contributed by atoms with Gasteiger partial charge in [-0.3, -0.25) is 0 Å². The lowest BCUT2D eigenvalue weighted by atomic mass is 10.0. The molecule has 14 heavy (non-hydrogen) atoms. The van der Waals surface area contributed by atoms with Crippen molar-refractivity contribution in [3.05, 3.63) is 29.8 Å². The molecule has 0 aliphatic rings. The molecule has 0 aromatic heterocycles. The van der Waals surface area contributed by atoms with Crippen LogP contribution in [0.15, 0.2) is 24.3 Å². The van der Waals surface area contributed by atoms with E-state index in [4.69, 9.17) is 5.11 Å². The van der Waals surface area contributed by atoms with E-state index in [1.165, 1.54) is 12.1 Å². The van der Waals surface area contributed by atoms with E-state index in [-0.39, 0.29) is 18.3 Å². The van der Waals surface area contributed by atoms with Crippen molar-refractivity contribution in [2.24, 2.45) is 0 Å². The van der Waals surface area contributed by atoms with Crippen LogP contribution < -0.4 is 4.74 Å². The number of hydrogen-bond acceptors (Lipinski definition) is 2. The number of rotatable bonds is 4. The number of alkyl halides is 2. The summed E-state index contributed by atoms with van der Waals surface area (Å²) in [6, 6.07) is 6.35. The van der Waals surface area contributed by atoms with Crippen LogP contribution in [0.2, 0.25) is 0 Å². The summed E-state index contributed by atoms with van der Waals surface area (Å²) < 4.78 is 28.0. The van der Waals surface area contributed by atoms with E-state index in [1.807, 2.05) is 6.92 Å². The first-order valence-electron chi connectivity index (χ1n) is 4.29. The lowest BCUT2D eigenvalue weighted by Gasteiger charge is -2.10. The Kier molecular flexibility index (Phi) is 3.83. The fourth-order valence-corrected chi connectivity index (χ4v) is 1.10. The molecule has 0 radical (unpaired) electrons. The second-order valence-corrected chi connectivity index (χ2v) is 3.03. The molecule has 78 valence electrons. The molecule has 1 rings (SSSR count). The van der Waals surface area contributed by atoms with Gasteiger partial charge in [-0.2, -0.15) is 8.78 Å². The highest BCUT2D eigenvalue weighted by atomic mass is 19.3. The van der Waals surface area contributed by atoms with E-state index in [1.54, 1.807) is 12.1 Å². The molecule has 1 aromatic rings. The smallest absolute Gasteiger partial charge is 0.387 e. The standard InChI is InChI=1S/C10H12F2O2/c1-7(6-13)8-3-2-4-9(5-8)14-10(11)12/h2-5,7,10,13H,6H2,1H3. The summed E-state index contributed by atoms with van der Waals surface area (Å²) in [5, 5.41) is 8.87. The highest BCUT2D eigenvalue weighted by Gasteiger charge is 2.07. The number of hydrogen-bond donors (Lipinski definition) is 1. The molecular weight excluding hydrogens is 190 g/mol. The molecule has 0 amide bonds. The summed E-state index contributed by atoms with van der Waals surface area (Å²) in [4.78, 5) is 0. The Hall–Kier alpha value is -1.16. The molecule has 1 N–H and O–H groups in total. The zero-order chi connectivity index (χ0) is 10.6. The molecule has 1 aromatic carbocycles. The van der Waals surface area contributed by atoms with Crippen molar-refractivity contribution in [1.29, 1.82) is 0 Å². The lowest BCUT2D eigenvalue weighted by molar-refractivity contribution is -0.0498. The van der Waals surface area contributed by atoms with Gasteiger partial charge in [0.2, 0.25) is 0 Å². The predicted octanol–water partition coefficient (Wildman–Crippen LogP) is 2.38. The molecule has 0 saturated heterocycles. The maximum absolute atomic E-state index is 11.9. The molecule has 0 aliphatic heterocycles. The summed E-state index contributed by atoms with van der Waals surface area (Å²) in [6.07, 6.45) is 0. The zero-order valence-corrected chi connectivity index (χ0v) is 7.78. The van der Waals surface area contributed by atoms with Crippen LogP contribution in [0.4, 0.5) is 8.78 Å². The summed E-state index contributed by atoms with van der Waals surface area (Å²) in [5.74, 6) is 0.0500. The normalized spacial score (nSPS) is 12.9. The highest BCUT2D eigenvalue weighted by Crippen LogP contribution is 2.21. The Bertz CT molecular complexity index is 289. The molecule has 0 fully saturated rings. The van der Waals surface area contributed by atoms with Gasteiger partial charge in [-0.1, -0.05) is 19.1 Å². The van der Waals surface area contributed by atoms with Crippen molar-refractivity contribution in [3.63, 3.8) is 0 Å². The number of aliphatic hydroxyl groups excluding tert-OH is 1. The molecule has 0 heterocycles. The van der Waals surface area contributed by atoms with Gasteiger partial charge in [-0.15, -0.1) is 0 Å². The average Bonchev–Trinajstić information content (AvgIpc) is 2.16. The maximum Gasteiger partial charge on any atom is 0.387 e. The summed E-state index contributed by atoms with van der Waals surface area (Å²) in [5.41, 5.74) is 0.783. The minimum absolute atomic E-state index is 0.0157. The SMILES string of the molecule is CC(CO)c1cccc(OC(F)F)c1. The Labute approximate surface area is 81.1 Å². The Balaban J connectivity index is 2.78. The number of benzene rings is 1. The number of halogens is 2. The molecule has 2 nitrogen and oxygen atoms in total. The third kappa shape index (κ3) is 2.96. The summed E-state index contributed by atoms with van der Waals surface area (Å²) in [7, 11) is 0. The largest absolute Gasteiger partial charge is 0.435 e. The van der Waals surface area contributed by atoms with Crippen LogP contribution in [0.5, 0.6) is 5.75 Å². The van der Waals surface area contributed by atoms with Gasteiger partial charge in [0, 0.05) is 12.5 Å². The van der Waals surface area contributed by atoms with E-state index < -0.39 is 6.61 Å². The van der Waals surface area contributed by atoms with Crippen LogP contribution in [0, 0.1) is 0 Å². The Morgan fingerprint density at radius 2 is 2.14 bits per heavy atom. The van der Waals surface area contributed by atoms with Crippen LogP contribution in [-0.2, 0) is 0 Å². The zero-order valence-electron chi connectivity index (χ0n) is 7.78. The average molecular weight is 202 g/mol. The van der Waals surface area contributed by atoms with Gasteiger partial charge in [0.05, 0.1) is 0 Å². The minimum atomic E-state index is -2.81. The first-order chi connectivity index (χ1) is 6.63. The Morgan fingerprint density at radius 3 is 2.71 bits per heavy atom. The number of ether oxygens (including phenoxy) is 1. The van der Waals surface area contributed by atoms with Crippen LogP contribution in [0.25, 0.3) is 0 Å². The molecule has 0 bridgehead atoms. The van der Waals surface area contributed by atoms with Gasteiger partial charge < -0.3 is 9.84 Å².